The predicted molar refractivity (Wildman–Crippen MR) is 172 cm³/mol. The Morgan fingerprint density at radius 1 is 0.457 bits per heavy atom. The van der Waals surface area contributed by atoms with Crippen LogP contribution in [0.15, 0.2) is 85.2 Å². The number of nitrogens with zero attached hydrogens (tertiary/aromatic N) is 6. The SMILES string of the molecule is COc1cc(-n2cc(-c3ccccc3)nn2)c(OC)c(-c2c(OC)c(OC)cc(-n3cc(-c4ccccc4)nn3)c2OC)c1OC. The highest BCUT2D eigenvalue weighted by molar-refractivity contribution is 5.93. The molecular weight excluding hydrogens is 588 g/mol. The van der Waals surface area contributed by atoms with Crippen molar-refractivity contribution in [3.8, 4) is 79.5 Å². The monoisotopic (exact) mass is 620 g/mol. The molecule has 12 nitrogen and oxygen atoms in total. The van der Waals surface area contributed by atoms with Crippen molar-refractivity contribution in [3.05, 3.63) is 85.2 Å². The summed E-state index contributed by atoms with van der Waals surface area (Å²) in [5.74, 6) is 2.33. The molecule has 0 aliphatic carbocycles. The smallest absolute Gasteiger partial charge is 0.172 e. The zero-order chi connectivity index (χ0) is 32.2. The Kier molecular flexibility index (Phi) is 8.42. The van der Waals surface area contributed by atoms with E-state index < -0.39 is 0 Å². The average molecular weight is 621 g/mol. The van der Waals surface area contributed by atoms with Crippen molar-refractivity contribution in [2.24, 2.45) is 0 Å². The topological polar surface area (TPSA) is 117 Å². The molecule has 4 aromatic carbocycles. The molecule has 2 aromatic heterocycles. The summed E-state index contributed by atoms with van der Waals surface area (Å²) < 4.78 is 39.1. The molecule has 0 aliphatic rings. The highest BCUT2D eigenvalue weighted by Crippen LogP contribution is 2.57. The van der Waals surface area contributed by atoms with Gasteiger partial charge in [0.05, 0.1) is 66.2 Å². The Hall–Kier alpha value is -6.04. The average Bonchev–Trinajstić information content (AvgIpc) is 3.81. The number of rotatable bonds is 11. The van der Waals surface area contributed by atoms with Crippen molar-refractivity contribution in [1.29, 1.82) is 0 Å². The van der Waals surface area contributed by atoms with E-state index >= 15 is 0 Å². The van der Waals surface area contributed by atoms with Gasteiger partial charge in [0.15, 0.2) is 34.5 Å². The molecule has 6 aromatic rings. The molecule has 0 spiro atoms. The molecule has 0 saturated carbocycles. The first-order valence-electron chi connectivity index (χ1n) is 14.2. The fraction of sp³-hybridized carbons (Fsp3) is 0.176. The molecule has 6 rings (SSSR count). The second-order valence-electron chi connectivity index (χ2n) is 9.91. The molecule has 0 N–H and O–H groups in total. The number of aromatic nitrogens is 6. The number of benzene rings is 4. The Labute approximate surface area is 265 Å². The second-order valence-corrected chi connectivity index (χ2v) is 9.91. The van der Waals surface area contributed by atoms with Crippen LogP contribution >= 0.6 is 0 Å². The van der Waals surface area contributed by atoms with Gasteiger partial charge in [-0.2, -0.15) is 0 Å². The van der Waals surface area contributed by atoms with Crippen molar-refractivity contribution < 1.29 is 28.4 Å². The first-order valence-corrected chi connectivity index (χ1v) is 14.2. The summed E-state index contributed by atoms with van der Waals surface area (Å²) in [4.78, 5) is 0. The maximum Gasteiger partial charge on any atom is 0.172 e. The molecule has 234 valence electrons. The molecule has 0 bridgehead atoms. The number of ether oxygens (including phenoxy) is 6. The quantitative estimate of drug-likeness (QED) is 0.173. The van der Waals surface area contributed by atoms with Gasteiger partial charge in [0.2, 0.25) is 0 Å². The van der Waals surface area contributed by atoms with Crippen LogP contribution in [0.3, 0.4) is 0 Å². The van der Waals surface area contributed by atoms with Crippen LogP contribution in [0.1, 0.15) is 0 Å². The number of methoxy groups -OCH3 is 6. The summed E-state index contributed by atoms with van der Waals surface area (Å²) in [5.41, 5.74) is 5.18. The molecule has 0 atom stereocenters. The summed E-state index contributed by atoms with van der Waals surface area (Å²) in [7, 11) is 9.33. The summed E-state index contributed by atoms with van der Waals surface area (Å²) >= 11 is 0. The van der Waals surface area contributed by atoms with Crippen LogP contribution in [0, 0.1) is 0 Å². The van der Waals surface area contributed by atoms with Gasteiger partial charge in [0, 0.05) is 23.3 Å². The van der Waals surface area contributed by atoms with Crippen LogP contribution < -0.4 is 28.4 Å². The van der Waals surface area contributed by atoms with E-state index in [2.05, 4.69) is 20.6 Å². The molecule has 0 aliphatic heterocycles. The third kappa shape index (κ3) is 5.19. The molecule has 0 saturated heterocycles. The number of hydrogen-bond donors (Lipinski definition) is 0. The van der Waals surface area contributed by atoms with Crippen LogP contribution in [-0.4, -0.2) is 72.6 Å². The van der Waals surface area contributed by atoms with Crippen LogP contribution in [-0.2, 0) is 0 Å². The third-order valence-electron chi connectivity index (χ3n) is 7.48. The third-order valence-corrected chi connectivity index (χ3v) is 7.48. The summed E-state index contributed by atoms with van der Waals surface area (Å²) in [6.07, 6.45) is 3.63. The van der Waals surface area contributed by atoms with Gasteiger partial charge in [-0.25, -0.2) is 9.36 Å². The molecule has 12 heteroatoms. The van der Waals surface area contributed by atoms with E-state index in [0.29, 0.717) is 68.4 Å². The lowest BCUT2D eigenvalue weighted by Gasteiger charge is -2.24. The minimum atomic E-state index is 0.367. The highest BCUT2D eigenvalue weighted by atomic mass is 16.5. The lowest BCUT2D eigenvalue weighted by Crippen LogP contribution is -2.08. The van der Waals surface area contributed by atoms with E-state index in [9.17, 15) is 0 Å². The molecule has 0 unspecified atom stereocenters. The zero-order valence-electron chi connectivity index (χ0n) is 26.2. The molecule has 2 heterocycles. The zero-order valence-corrected chi connectivity index (χ0v) is 26.2. The fourth-order valence-electron chi connectivity index (χ4n) is 5.38. The Balaban J connectivity index is 1.64. The van der Waals surface area contributed by atoms with Crippen molar-refractivity contribution in [2.45, 2.75) is 0 Å². The van der Waals surface area contributed by atoms with Gasteiger partial charge in [0.1, 0.15) is 22.8 Å². The Morgan fingerprint density at radius 3 is 1.15 bits per heavy atom. The van der Waals surface area contributed by atoms with Gasteiger partial charge < -0.3 is 28.4 Å². The first kappa shape index (κ1) is 30.0. The summed E-state index contributed by atoms with van der Waals surface area (Å²) in [5, 5.41) is 17.7. The summed E-state index contributed by atoms with van der Waals surface area (Å²) in [6, 6.07) is 23.1. The molecule has 0 amide bonds. The molecule has 0 radical (unpaired) electrons. The van der Waals surface area contributed by atoms with Gasteiger partial charge in [-0.3, -0.25) is 0 Å². The number of hydrogen-bond acceptors (Lipinski definition) is 10. The van der Waals surface area contributed by atoms with Gasteiger partial charge in [0.25, 0.3) is 0 Å². The van der Waals surface area contributed by atoms with Crippen LogP contribution in [0.5, 0.6) is 34.5 Å². The standard InChI is InChI=1S/C34H32N6O6/c1-41-27-17-25(39-19-23(35-37-39)21-13-9-7-10-14-21)31(43-3)29(33(27)45-5)30-32(44-4)26(18-28(42-2)34(30)46-6)40-20-24(36-38-40)22-15-11-8-12-16-22/h7-20H,1-6H3. The van der Waals surface area contributed by atoms with Crippen LogP contribution in [0.4, 0.5) is 0 Å². The van der Waals surface area contributed by atoms with E-state index in [-0.39, 0.29) is 0 Å². The van der Waals surface area contributed by atoms with Crippen LogP contribution in [0.25, 0.3) is 45.0 Å². The fourth-order valence-corrected chi connectivity index (χ4v) is 5.38. The minimum absolute atomic E-state index is 0.367. The van der Waals surface area contributed by atoms with E-state index in [1.165, 1.54) is 0 Å². The largest absolute Gasteiger partial charge is 0.494 e. The van der Waals surface area contributed by atoms with Gasteiger partial charge >= 0.3 is 0 Å². The van der Waals surface area contributed by atoms with Crippen molar-refractivity contribution >= 4 is 0 Å². The minimum Gasteiger partial charge on any atom is -0.494 e. The van der Waals surface area contributed by atoms with E-state index in [1.54, 1.807) is 64.2 Å². The maximum atomic E-state index is 6.11. The van der Waals surface area contributed by atoms with Crippen molar-refractivity contribution in [3.63, 3.8) is 0 Å². The van der Waals surface area contributed by atoms with E-state index in [4.69, 9.17) is 28.4 Å². The van der Waals surface area contributed by atoms with E-state index in [0.717, 1.165) is 11.1 Å². The highest BCUT2D eigenvalue weighted by Gasteiger charge is 2.32. The summed E-state index contributed by atoms with van der Waals surface area (Å²) in [6.45, 7) is 0. The van der Waals surface area contributed by atoms with Gasteiger partial charge in [-0.15, -0.1) is 10.2 Å². The van der Waals surface area contributed by atoms with Crippen LogP contribution in [0.2, 0.25) is 0 Å². The normalized spacial score (nSPS) is 10.8. The van der Waals surface area contributed by atoms with Gasteiger partial charge in [-0.05, 0) is 0 Å². The second kappa shape index (κ2) is 12.9. The molecule has 0 fully saturated rings. The van der Waals surface area contributed by atoms with Gasteiger partial charge in [-0.1, -0.05) is 71.1 Å². The first-order chi connectivity index (χ1) is 22.6. The Bertz CT molecular complexity index is 1830. The van der Waals surface area contributed by atoms with E-state index in [1.807, 2.05) is 73.1 Å². The maximum absolute atomic E-state index is 6.11. The molecule has 46 heavy (non-hydrogen) atoms. The Morgan fingerprint density at radius 2 is 0.826 bits per heavy atom. The predicted octanol–water partition coefficient (Wildman–Crippen LogP) is 5.90. The lowest BCUT2D eigenvalue weighted by molar-refractivity contribution is 0.343. The molecular formula is C34H32N6O6. The van der Waals surface area contributed by atoms with Crippen molar-refractivity contribution in [2.75, 3.05) is 42.7 Å². The lowest BCUT2D eigenvalue weighted by atomic mass is 9.97. The van der Waals surface area contributed by atoms with Crippen molar-refractivity contribution in [1.82, 2.24) is 30.0 Å².